The zero-order valence-electron chi connectivity index (χ0n) is 10.3. The van der Waals surface area contributed by atoms with Crippen molar-refractivity contribution in [2.24, 2.45) is 5.73 Å². The molecule has 1 fully saturated rings. The smallest absolute Gasteiger partial charge is 0.188 e. The van der Waals surface area contributed by atoms with Crippen molar-refractivity contribution in [3.8, 4) is 17.0 Å². The van der Waals surface area contributed by atoms with Crippen molar-refractivity contribution in [3.05, 3.63) is 47.4 Å². The first-order valence-corrected chi connectivity index (χ1v) is 6.07. The lowest BCUT2D eigenvalue weighted by atomic mass is 10.1. The van der Waals surface area contributed by atoms with Crippen LogP contribution in [-0.4, -0.2) is 16.1 Å². The highest BCUT2D eigenvalue weighted by molar-refractivity contribution is 5.63. The van der Waals surface area contributed by atoms with Gasteiger partial charge in [0.25, 0.3) is 0 Å². The molecule has 104 valence electrons. The van der Waals surface area contributed by atoms with E-state index in [0.29, 0.717) is 6.07 Å². The molecule has 6 heteroatoms. The summed E-state index contributed by atoms with van der Waals surface area (Å²) in [5.41, 5.74) is 6.05. The number of aromatic hydroxyl groups is 1. The maximum Gasteiger partial charge on any atom is 0.188 e. The molecule has 0 unspecified atom stereocenters. The van der Waals surface area contributed by atoms with Crippen LogP contribution in [0, 0.1) is 17.5 Å². The summed E-state index contributed by atoms with van der Waals surface area (Å²) in [5, 5.41) is 9.20. The van der Waals surface area contributed by atoms with Crippen molar-refractivity contribution in [1.29, 1.82) is 0 Å². The number of phenols is 1. The fraction of sp³-hybridized carbons (Fsp3) is 0.214. The predicted octanol–water partition coefficient (Wildman–Crippen LogP) is 2.69. The highest BCUT2D eigenvalue weighted by atomic mass is 19.1. The summed E-state index contributed by atoms with van der Waals surface area (Å²) in [6.07, 6.45) is 2.35. The van der Waals surface area contributed by atoms with Gasteiger partial charge in [0.15, 0.2) is 17.4 Å². The number of hydrogen-bond acceptors (Lipinski definition) is 3. The van der Waals surface area contributed by atoms with Gasteiger partial charge in [-0.2, -0.15) is 0 Å². The van der Waals surface area contributed by atoms with Gasteiger partial charge < -0.3 is 10.8 Å². The molecule has 1 aromatic carbocycles. The summed E-state index contributed by atoms with van der Waals surface area (Å²) in [5.74, 6) is -4.79. The topological polar surface area (TPSA) is 59.1 Å². The number of nitrogens with zero attached hydrogens (tertiary/aromatic N) is 1. The number of halogens is 3. The summed E-state index contributed by atoms with van der Waals surface area (Å²) in [4.78, 5) is 3.97. The number of pyridine rings is 1. The fourth-order valence-corrected chi connectivity index (χ4v) is 2.19. The molecule has 2 atom stereocenters. The molecule has 3 rings (SSSR count). The van der Waals surface area contributed by atoms with Crippen LogP contribution in [0.2, 0.25) is 0 Å². The Morgan fingerprint density at radius 3 is 2.45 bits per heavy atom. The molecule has 2 aromatic rings. The summed E-state index contributed by atoms with van der Waals surface area (Å²) in [7, 11) is 0. The number of hydrogen-bond donors (Lipinski definition) is 2. The van der Waals surface area contributed by atoms with Gasteiger partial charge in [0.1, 0.15) is 5.82 Å². The van der Waals surface area contributed by atoms with Gasteiger partial charge in [-0.05, 0) is 18.1 Å². The van der Waals surface area contributed by atoms with Crippen molar-refractivity contribution >= 4 is 0 Å². The maximum absolute atomic E-state index is 13.8. The normalized spacial score (nSPS) is 21.0. The van der Waals surface area contributed by atoms with Gasteiger partial charge in [0, 0.05) is 24.2 Å². The van der Waals surface area contributed by atoms with E-state index in [4.69, 9.17) is 5.73 Å². The molecule has 20 heavy (non-hydrogen) atoms. The Labute approximate surface area is 112 Å². The quantitative estimate of drug-likeness (QED) is 0.889. The van der Waals surface area contributed by atoms with Crippen molar-refractivity contribution in [1.82, 2.24) is 4.98 Å². The Balaban J connectivity index is 2.03. The Morgan fingerprint density at radius 2 is 1.90 bits per heavy atom. The van der Waals surface area contributed by atoms with Gasteiger partial charge in [-0.15, -0.1) is 0 Å². The van der Waals surface area contributed by atoms with Gasteiger partial charge in [0.05, 0.1) is 11.3 Å². The van der Waals surface area contributed by atoms with Crippen molar-refractivity contribution in [2.75, 3.05) is 0 Å². The SMILES string of the molecule is N[C@H]1C[C@@H]1c1ccc(-c2c(F)cc(F)c(O)c2F)nc1. The molecule has 1 aliphatic rings. The van der Waals surface area contributed by atoms with E-state index in [-0.39, 0.29) is 17.7 Å². The molecular weight excluding hydrogens is 269 g/mol. The molecule has 1 aliphatic carbocycles. The van der Waals surface area contributed by atoms with E-state index in [9.17, 15) is 18.3 Å². The average molecular weight is 280 g/mol. The lowest BCUT2D eigenvalue weighted by Crippen LogP contribution is -2.01. The van der Waals surface area contributed by atoms with Crippen LogP contribution in [0.5, 0.6) is 5.75 Å². The van der Waals surface area contributed by atoms with E-state index in [1.54, 1.807) is 6.07 Å². The first-order valence-electron chi connectivity index (χ1n) is 6.07. The molecule has 0 bridgehead atoms. The third-order valence-electron chi connectivity index (χ3n) is 3.46. The molecule has 0 aliphatic heterocycles. The monoisotopic (exact) mass is 280 g/mol. The second-order valence-electron chi connectivity index (χ2n) is 4.86. The Kier molecular flexibility index (Phi) is 2.90. The fourth-order valence-electron chi connectivity index (χ4n) is 2.19. The van der Waals surface area contributed by atoms with Crippen molar-refractivity contribution in [2.45, 2.75) is 18.4 Å². The molecular formula is C14H11F3N2O. The lowest BCUT2D eigenvalue weighted by molar-refractivity contribution is 0.392. The second-order valence-corrected chi connectivity index (χ2v) is 4.86. The van der Waals surface area contributed by atoms with Crippen LogP contribution in [-0.2, 0) is 0 Å². The minimum Gasteiger partial charge on any atom is -0.503 e. The lowest BCUT2D eigenvalue weighted by Gasteiger charge is -2.07. The standard InChI is InChI=1S/C14H11F3N2O/c15-8-4-9(16)14(20)13(17)12(8)11-2-1-6(5-19-11)7-3-10(7)18/h1-2,4-5,7,10,20H,3,18H2/t7-,10+/m1/s1. The predicted molar refractivity (Wildman–Crippen MR) is 66.5 cm³/mol. The maximum atomic E-state index is 13.8. The minimum absolute atomic E-state index is 0.00623. The summed E-state index contributed by atoms with van der Waals surface area (Å²) in [6.45, 7) is 0. The van der Waals surface area contributed by atoms with Crippen molar-refractivity contribution in [3.63, 3.8) is 0 Å². The first kappa shape index (κ1) is 12.9. The number of phenolic OH excluding ortho intramolecular Hbond substituents is 1. The molecule has 0 amide bonds. The van der Waals surface area contributed by atoms with Gasteiger partial charge in [-0.1, -0.05) is 6.07 Å². The number of benzene rings is 1. The summed E-state index contributed by atoms with van der Waals surface area (Å²) in [6, 6.07) is 3.64. The first-order chi connectivity index (χ1) is 9.49. The van der Waals surface area contributed by atoms with Crippen LogP contribution in [0.1, 0.15) is 17.9 Å². The molecule has 3 N–H and O–H groups in total. The summed E-state index contributed by atoms with van der Waals surface area (Å²) < 4.78 is 40.4. The third-order valence-corrected chi connectivity index (χ3v) is 3.46. The van der Waals surface area contributed by atoms with Crippen LogP contribution < -0.4 is 5.73 Å². The molecule has 0 spiro atoms. The van der Waals surface area contributed by atoms with Crippen LogP contribution in [0.25, 0.3) is 11.3 Å². The Bertz CT molecular complexity index is 673. The molecule has 0 radical (unpaired) electrons. The van der Waals surface area contributed by atoms with Gasteiger partial charge in [-0.25, -0.2) is 13.2 Å². The van der Waals surface area contributed by atoms with Gasteiger partial charge >= 0.3 is 0 Å². The molecule has 1 saturated carbocycles. The number of rotatable bonds is 2. The third kappa shape index (κ3) is 2.02. The van der Waals surface area contributed by atoms with Crippen LogP contribution in [0.3, 0.4) is 0 Å². The van der Waals surface area contributed by atoms with Crippen LogP contribution in [0.15, 0.2) is 24.4 Å². The zero-order valence-corrected chi connectivity index (χ0v) is 10.3. The van der Waals surface area contributed by atoms with Gasteiger partial charge in [0.2, 0.25) is 0 Å². The molecule has 0 saturated heterocycles. The zero-order chi connectivity index (χ0) is 14.4. The summed E-state index contributed by atoms with van der Waals surface area (Å²) >= 11 is 0. The highest BCUT2D eigenvalue weighted by Crippen LogP contribution is 2.39. The molecule has 1 aromatic heterocycles. The highest BCUT2D eigenvalue weighted by Gasteiger charge is 2.35. The number of nitrogens with two attached hydrogens (primary N) is 1. The molecule has 1 heterocycles. The van der Waals surface area contributed by atoms with E-state index in [1.165, 1.54) is 12.3 Å². The van der Waals surface area contributed by atoms with Crippen LogP contribution >= 0.6 is 0 Å². The Morgan fingerprint density at radius 1 is 1.20 bits per heavy atom. The van der Waals surface area contributed by atoms with E-state index in [0.717, 1.165) is 12.0 Å². The number of aromatic nitrogens is 1. The van der Waals surface area contributed by atoms with E-state index in [1.807, 2.05) is 0 Å². The van der Waals surface area contributed by atoms with Crippen LogP contribution in [0.4, 0.5) is 13.2 Å². The van der Waals surface area contributed by atoms with E-state index >= 15 is 0 Å². The van der Waals surface area contributed by atoms with Gasteiger partial charge in [-0.3, -0.25) is 4.98 Å². The van der Waals surface area contributed by atoms with E-state index < -0.39 is 28.8 Å². The average Bonchev–Trinajstić information content (AvgIpc) is 3.14. The minimum atomic E-state index is -1.36. The van der Waals surface area contributed by atoms with Crippen molar-refractivity contribution < 1.29 is 18.3 Å². The molecule has 3 nitrogen and oxygen atoms in total. The largest absolute Gasteiger partial charge is 0.503 e. The second kappa shape index (κ2) is 4.49. The van der Waals surface area contributed by atoms with E-state index in [2.05, 4.69) is 4.98 Å². The Hall–Kier alpha value is -2.08.